The van der Waals surface area contributed by atoms with Gasteiger partial charge in [0.25, 0.3) is 0 Å². The van der Waals surface area contributed by atoms with E-state index in [1.165, 1.54) is 25.8 Å². The van der Waals surface area contributed by atoms with Crippen molar-refractivity contribution in [1.82, 2.24) is 15.9 Å². The van der Waals surface area contributed by atoms with Gasteiger partial charge in [-0.25, -0.2) is 11.0 Å². The average molecular weight is 226 g/mol. The molecule has 1 saturated heterocycles. The van der Waals surface area contributed by atoms with Crippen molar-refractivity contribution in [2.75, 3.05) is 27.2 Å². The molecule has 0 bridgehead atoms. The topological polar surface area (TPSA) is 64.4 Å². The van der Waals surface area contributed by atoms with Gasteiger partial charge >= 0.3 is 0 Å². The molecule has 1 rings (SSSR count). The van der Waals surface area contributed by atoms with Crippen LogP contribution < -0.4 is 11.0 Å². The molecule has 0 aliphatic carbocycles. The molecule has 1 atom stereocenters. The van der Waals surface area contributed by atoms with Crippen molar-refractivity contribution in [2.24, 2.45) is 21.5 Å². The molecule has 0 aromatic carbocycles. The summed E-state index contributed by atoms with van der Waals surface area (Å²) < 4.78 is 0. The third kappa shape index (κ3) is 4.67. The Hall–Kier alpha value is -1.01. The molecule has 1 aliphatic heterocycles. The highest BCUT2D eigenvalue weighted by atomic mass is 15.6. The lowest BCUT2D eigenvalue weighted by molar-refractivity contribution is 0.347. The Morgan fingerprint density at radius 2 is 2.12 bits per heavy atom. The van der Waals surface area contributed by atoms with E-state index < -0.39 is 0 Å². The number of hydrogen-bond donors (Lipinski definition) is 2. The Morgan fingerprint density at radius 1 is 1.31 bits per heavy atom. The fourth-order valence-electron chi connectivity index (χ4n) is 1.90. The van der Waals surface area contributed by atoms with Crippen LogP contribution in [-0.4, -0.2) is 37.8 Å². The smallest absolute Gasteiger partial charge is 0.0425 e. The van der Waals surface area contributed by atoms with Gasteiger partial charge in [0.05, 0.1) is 0 Å². The molecule has 0 amide bonds. The first-order valence-electron chi connectivity index (χ1n) is 5.78. The van der Waals surface area contributed by atoms with Crippen molar-refractivity contribution >= 4 is 5.71 Å². The first kappa shape index (κ1) is 13.1. The van der Waals surface area contributed by atoms with Crippen LogP contribution in [0.25, 0.3) is 0 Å². The van der Waals surface area contributed by atoms with Crippen LogP contribution in [0.5, 0.6) is 0 Å². The van der Waals surface area contributed by atoms with Crippen LogP contribution in [0.3, 0.4) is 0 Å². The van der Waals surface area contributed by atoms with Crippen LogP contribution in [-0.2, 0) is 0 Å². The third-order valence-corrected chi connectivity index (χ3v) is 2.95. The number of rotatable bonds is 4. The maximum Gasteiger partial charge on any atom is 0.0425 e. The number of likely N-dealkylation sites (tertiary alicyclic amines) is 1. The fraction of sp³-hybridized carbons (Fsp3) is 0.900. The van der Waals surface area contributed by atoms with Crippen molar-refractivity contribution in [3.05, 3.63) is 0 Å². The molecule has 1 fully saturated rings. The lowest BCUT2D eigenvalue weighted by Crippen LogP contribution is -2.20. The summed E-state index contributed by atoms with van der Waals surface area (Å²) in [5, 5.41) is 11.4. The molecule has 0 saturated carbocycles. The van der Waals surface area contributed by atoms with Gasteiger partial charge in [-0.3, -0.25) is 0 Å². The molecule has 92 valence electrons. The number of nitrogens with one attached hydrogen (secondary N) is 2. The summed E-state index contributed by atoms with van der Waals surface area (Å²) in [5.74, 6) is 0.554. The van der Waals surface area contributed by atoms with Gasteiger partial charge in [-0.2, -0.15) is 0 Å². The van der Waals surface area contributed by atoms with Crippen LogP contribution in [0, 0.1) is 5.92 Å². The minimum Gasteiger partial charge on any atom is -0.306 e. The predicted molar refractivity (Wildman–Crippen MR) is 65.0 cm³/mol. The van der Waals surface area contributed by atoms with E-state index in [-0.39, 0.29) is 0 Å². The first-order valence-corrected chi connectivity index (χ1v) is 5.78. The SMILES string of the molecule is CNNN=N/N=C(\C)C1CCCN(C)CC1. The van der Waals surface area contributed by atoms with Gasteiger partial charge in [0, 0.05) is 18.7 Å². The quantitative estimate of drug-likeness (QED) is 0.430. The second-order valence-corrected chi connectivity index (χ2v) is 4.22. The molecule has 1 heterocycles. The van der Waals surface area contributed by atoms with E-state index in [0.29, 0.717) is 5.92 Å². The van der Waals surface area contributed by atoms with Crippen LogP contribution in [0.4, 0.5) is 0 Å². The molecular weight excluding hydrogens is 204 g/mol. The Kier molecular flexibility index (Phi) is 5.95. The van der Waals surface area contributed by atoms with Crippen LogP contribution >= 0.6 is 0 Å². The van der Waals surface area contributed by atoms with E-state index in [0.717, 1.165) is 12.3 Å². The highest BCUT2D eigenvalue weighted by molar-refractivity contribution is 5.84. The summed E-state index contributed by atoms with van der Waals surface area (Å²) >= 11 is 0. The van der Waals surface area contributed by atoms with E-state index in [9.17, 15) is 0 Å². The van der Waals surface area contributed by atoms with Crippen LogP contribution in [0.15, 0.2) is 15.5 Å². The molecule has 1 unspecified atom stereocenters. The van der Waals surface area contributed by atoms with Gasteiger partial charge in [-0.15, -0.1) is 5.10 Å². The predicted octanol–water partition coefficient (Wildman–Crippen LogP) is 1.19. The maximum atomic E-state index is 4.11. The van der Waals surface area contributed by atoms with Gasteiger partial charge in [-0.05, 0) is 56.8 Å². The lowest BCUT2D eigenvalue weighted by Gasteiger charge is -2.13. The van der Waals surface area contributed by atoms with Crippen molar-refractivity contribution < 1.29 is 0 Å². The summed E-state index contributed by atoms with van der Waals surface area (Å²) in [5.41, 5.74) is 6.25. The van der Waals surface area contributed by atoms with Gasteiger partial charge in [0.15, 0.2) is 0 Å². The zero-order chi connectivity index (χ0) is 11.8. The van der Waals surface area contributed by atoms with Crippen molar-refractivity contribution in [1.29, 1.82) is 0 Å². The monoisotopic (exact) mass is 226 g/mol. The molecule has 0 radical (unpaired) electrons. The van der Waals surface area contributed by atoms with Crippen molar-refractivity contribution in [2.45, 2.75) is 26.2 Å². The summed E-state index contributed by atoms with van der Waals surface area (Å²) in [6.07, 6.45) is 3.61. The molecule has 1 aliphatic rings. The van der Waals surface area contributed by atoms with Gasteiger partial charge in [0.2, 0.25) is 0 Å². The lowest BCUT2D eigenvalue weighted by atomic mass is 9.96. The Morgan fingerprint density at radius 3 is 2.88 bits per heavy atom. The number of hydrazine groups is 1. The van der Waals surface area contributed by atoms with Crippen molar-refractivity contribution in [3.63, 3.8) is 0 Å². The van der Waals surface area contributed by atoms with E-state index in [2.05, 4.69) is 38.5 Å². The van der Waals surface area contributed by atoms with Crippen LogP contribution in [0.1, 0.15) is 26.2 Å². The fourth-order valence-corrected chi connectivity index (χ4v) is 1.90. The minimum atomic E-state index is 0.554. The highest BCUT2D eigenvalue weighted by Crippen LogP contribution is 2.18. The maximum absolute atomic E-state index is 4.11. The molecule has 2 N–H and O–H groups in total. The van der Waals surface area contributed by atoms with Crippen LogP contribution in [0.2, 0.25) is 0 Å². The zero-order valence-corrected chi connectivity index (χ0v) is 10.4. The van der Waals surface area contributed by atoms with E-state index >= 15 is 0 Å². The number of hydrogen-bond acceptors (Lipinski definition) is 4. The first-order chi connectivity index (χ1) is 7.74. The largest absolute Gasteiger partial charge is 0.306 e. The van der Waals surface area contributed by atoms with Gasteiger partial charge < -0.3 is 4.90 Å². The second-order valence-electron chi connectivity index (χ2n) is 4.22. The Bertz CT molecular complexity index is 250. The molecule has 16 heavy (non-hydrogen) atoms. The molecule has 0 spiro atoms. The molecule has 0 aromatic rings. The summed E-state index contributed by atoms with van der Waals surface area (Å²) in [6.45, 7) is 4.37. The van der Waals surface area contributed by atoms with Gasteiger partial charge in [-0.1, -0.05) is 0 Å². The average Bonchev–Trinajstić information content (AvgIpc) is 2.49. The van der Waals surface area contributed by atoms with Gasteiger partial charge in [0.1, 0.15) is 0 Å². The minimum absolute atomic E-state index is 0.554. The molecule has 0 aromatic heterocycles. The van der Waals surface area contributed by atoms with E-state index in [4.69, 9.17) is 0 Å². The number of nitrogens with zero attached hydrogens (tertiary/aromatic N) is 4. The third-order valence-electron chi connectivity index (χ3n) is 2.95. The molecular formula is C10H22N6. The Labute approximate surface area is 97.1 Å². The summed E-state index contributed by atoms with van der Waals surface area (Å²) in [7, 11) is 3.90. The van der Waals surface area contributed by atoms with Crippen molar-refractivity contribution in [3.8, 4) is 0 Å². The highest BCUT2D eigenvalue weighted by Gasteiger charge is 2.17. The summed E-state index contributed by atoms with van der Waals surface area (Å²) in [4.78, 5) is 2.37. The van der Waals surface area contributed by atoms with E-state index in [1.54, 1.807) is 7.05 Å². The summed E-state index contributed by atoms with van der Waals surface area (Å²) in [6, 6.07) is 0. The second kappa shape index (κ2) is 7.29. The standard InChI is InChI=1S/C10H22N6/c1-9(12-14-15-13-11-2)10-5-4-7-16(3)8-6-10/h10H,4-8H2,1-3H3,(H,11,15)(H,13,14)/b12-9+. The normalized spacial score (nSPS) is 24.7. The van der Waals surface area contributed by atoms with E-state index in [1.807, 2.05) is 6.92 Å². The Balaban J connectivity index is 2.42. The molecule has 6 heteroatoms. The zero-order valence-electron chi connectivity index (χ0n) is 10.4. The molecule has 6 nitrogen and oxygen atoms in total.